The number of nitrogens with one attached hydrogen (secondary N) is 1. The van der Waals surface area contributed by atoms with Gasteiger partial charge in [0.1, 0.15) is 5.82 Å². The molecule has 0 aliphatic carbocycles. The minimum atomic E-state index is -0.443. The van der Waals surface area contributed by atoms with Crippen LogP contribution in [0, 0.1) is 19.7 Å². The van der Waals surface area contributed by atoms with E-state index in [-0.39, 0.29) is 5.91 Å². The van der Waals surface area contributed by atoms with Gasteiger partial charge in [-0.05, 0) is 57.4 Å². The first-order valence-corrected chi connectivity index (χ1v) is 10.2. The summed E-state index contributed by atoms with van der Waals surface area (Å²) in [5, 5.41) is 7.29. The minimum Gasteiger partial charge on any atom is -0.325 e. The van der Waals surface area contributed by atoms with E-state index in [2.05, 4.69) is 27.3 Å². The van der Waals surface area contributed by atoms with E-state index in [1.807, 2.05) is 13.8 Å². The number of amides is 1. The lowest BCUT2D eigenvalue weighted by atomic mass is 10.1. The molecular weight excluding hydrogens is 377 g/mol. The van der Waals surface area contributed by atoms with Crippen molar-refractivity contribution in [3.05, 3.63) is 47.0 Å². The van der Waals surface area contributed by atoms with Crippen molar-refractivity contribution in [1.82, 2.24) is 19.6 Å². The maximum atomic E-state index is 13.3. The molecule has 2 heterocycles. The number of carbonyl (C=O) groups excluding carboxylic acids is 1. The van der Waals surface area contributed by atoms with Gasteiger partial charge >= 0.3 is 0 Å². The standard InChI is InChI=1S/C20H24FN5OS/c1-5-6-10-17-12(2)22-19-24-20(25-26(19)13(17)3)28-14(4)18(27)23-16-9-7-8-15(21)11-16/h7-9,11,14H,5-6,10H2,1-4H3,(H,23,27). The van der Waals surface area contributed by atoms with E-state index in [1.165, 1.54) is 29.5 Å². The van der Waals surface area contributed by atoms with Crippen LogP contribution in [0.4, 0.5) is 10.1 Å². The first-order chi connectivity index (χ1) is 13.4. The number of rotatable bonds is 7. The second-order valence-corrected chi connectivity index (χ2v) is 8.04. The van der Waals surface area contributed by atoms with Gasteiger partial charge in [-0.1, -0.05) is 31.2 Å². The third-order valence-corrected chi connectivity index (χ3v) is 5.50. The summed E-state index contributed by atoms with van der Waals surface area (Å²) in [5.74, 6) is -0.0923. The summed E-state index contributed by atoms with van der Waals surface area (Å²) in [5.41, 5.74) is 3.63. The number of thioether (sulfide) groups is 1. The Morgan fingerprint density at radius 2 is 2.11 bits per heavy atom. The number of benzene rings is 1. The van der Waals surface area contributed by atoms with Crippen LogP contribution < -0.4 is 5.32 Å². The van der Waals surface area contributed by atoms with E-state index in [9.17, 15) is 9.18 Å². The largest absolute Gasteiger partial charge is 0.325 e. The normalized spacial score (nSPS) is 12.3. The second kappa shape index (κ2) is 8.68. The lowest BCUT2D eigenvalue weighted by molar-refractivity contribution is -0.115. The number of nitrogens with zero attached hydrogens (tertiary/aromatic N) is 4. The van der Waals surface area contributed by atoms with Gasteiger partial charge in [0.05, 0.1) is 5.25 Å². The molecule has 1 unspecified atom stereocenters. The van der Waals surface area contributed by atoms with Gasteiger partial charge in [-0.2, -0.15) is 4.98 Å². The number of hydrogen-bond donors (Lipinski definition) is 1. The summed E-state index contributed by atoms with van der Waals surface area (Å²) in [6.07, 6.45) is 3.18. The lowest BCUT2D eigenvalue weighted by Gasteiger charge is -2.10. The molecule has 28 heavy (non-hydrogen) atoms. The number of fused-ring (bicyclic) bond motifs is 1. The van der Waals surface area contributed by atoms with Gasteiger partial charge in [-0.25, -0.2) is 13.9 Å². The number of carbonyl (C=O) groups is 1. The van der Waals surface area contributed by atoms with Gasteiger partial charge in [0.25, 0.3) is 5.78 Å². The highest BCUT2D eigenvalue weighted by molar-refractivity contribution is 8.00. The van der Waals surface area contributed by atoms with Crippen molar-refractivity contribution in [2.45, 2.75) is 57.4 Å². The average Bonchev–Trinajstić information content (AvgIpc) is 3.04. The Kier molecular flexibility index (Phi) is 6.28. The highest BCUT2D eigenvalue weighted by Crippen LogP contribution is 2.23. The van der Waals surface area contributed by atoms with E-state index in [0.29, 0.717) is 16.6 Å². The summed E-state index contributed by atoms with van der Waals surface area (Å²) in [6.45, 7) is 7.95. The highest BCUT2D eigenvalue weighted by Gasteiger charge is 2.19. The maximum Gasteiger partial charge on any atom is 0.253 e. The first kappa shape index (κ1) is 20.3. The average molecular weight is 402 g/mol. The predicted molar refractivity (Wildman–Crippen MR) is 109 cm³/mol. The fourth-order valence-electron chi connectivity index (χ4n) is 2.98. The van der Waals surface area contributed by atoms with E-state index >= 15 is 0 Å². The minimum absolute atomic E-state index is 0.237. The molecule has 0 bridgehead atoms. The third-order valence-electron chi connectivity index (χ3n) is 4.55. The molecule has 0 fully saturated rings. The van der Waals surface area contributed by atoms with Gasteiger partial charge in [-0.3, -0.25) is 4.79 Å². The van der Waals surface area contributed by atoms with Gasteiger partial charge in [0, 0.05) is 17.1 Å². The van der Waals surface area contributed by atoms with Crippen LogP contribution in [0.1, 0.15) is 43.6 Å². The van der Waals surface area contributed by atoms with Crippen LogP contribution >= 0.6 is 11.8 Å². The van der Waals surface area contributed by atoms with Crippen LogP contribution in [0.2, 0.25) is 0 Å². The van der Waals surface area contributed by atoms with Gasteiger partial charge in [0.15, 0.2) is 0 Å². The van der Waals surface area contributed by atoms with Gasteiger partial charge < -0.3 is 5.32 Å². The molecule has 1 atom stereocenters. The second-order valence-electron chi connectivity index (χ2n) is 6.73. The summed E-state index contributed by atoms with van der Waals surface area (Å²) < 4.78 is 15.0. The molecule has 1 amide bonds. The number of aryl methyl sites for hydroxylation is 2. The summed E-state index contributed by atoms with van der Waals surface area (Å²) in [7, 11) is 0. The molecule has 0 radical (unpaired) electrons. The summed E-state index contributed by atoms with van der Waals surface area (Å²) in [6, 6.07) is 5.82. The number of halogens is 1. The molecule has 8 heteroatoms. The van der Waals surface area contributed by atoms with Gasteiger partial charge in [0.2, 0.25) is 11.1 Å². The van der Waals surface area contributed by atoms with Crippen LogP contribution in [-0.4, -0.2) is 30.7 Å². The van der Waals surface area contributed by atoms with E-state index < -0.39 is 11.1 Å². The van der Waals surface area contributed by atoms with Crippen molar-refractivity contribution in [2.75, 3.05) is 5.32 Å². The Morgan fingerprint density at radius 1 is 1.32 bits per heavy atom. The molecule has 0 aliphatic heterocycles. The van der Waals surface area contributed by atoms with Crippen molar-refractivity contribution >= 4 is 29.1 Å². The molecular formula is C20H24FN5OS. The van der Waals surface area contributed by atoms with E-state index in [4.69, 9.17) is 0 Å². The molecule has 0 saturated heterocycles. The summed E-state index contributed by atoms with van der Waals surface area (Å²) >= 11 is 1.25. The quantitative estimate of drug-likeness (QED) is 0.596. The molecule has 1 aromatic carbocycles. The number of anilines is 1. The van der Waals surface area contributed by atoms with Crippen LogP contribution in [-0.2, 0) is 11.2 Å². The zero-order valence-corrected chi connectivity index (χ0v) is 17.3. The Balaban J connectivity index is 1.76. The highest BCUT2D eigenvalue weighted by atomic mass is 32.2. The molecule has 2 aromatic heterocycles. The first-order valence-electron chi connectivity index (χ1n) is 9.35. The Hall–Kier alpha value is -2.48. The molecule has 6 nitrogen and oxygen atoms in total. The Labute approximate surface area is 168 Å². The van der Waals surface area contributed by atoms with Gasteiger partial charge in [-0.15, -0.1) is 5.10 Å². The van der Waals surface area contributed by atoms with Crippen molar-refractivity contribution in [2.24, 2.45) is 0 Å². The molecule has 3 aromatic rings. The SMILES string of the molecule is CCCCc1c(C)nc2nc(SC(C)C(=O)Nc3cccc(F)c3)nn2c1C. The topological polar surface area (TPSA) is 72.2 Å². The predicted octanol–water partition coefficient (Wildman–Crippen LogP) is 4.34. The number of hydrogen-bond acceptors (Lipinski definition) is 5. The van der Waals surface area contributed by atoms with Crippen molar-refractivity contribution in [1.29, 1.82) is 0 Å². The van der Waals surface area contributed by atoms with Crippen LogP contribution in [0.5, 0.6) is 0 Å². The Morgan fingerprint density at radius 3 is 2.82 bits per heavy atom. The number of unbranched alkanes of at least 4 members (excludes halogenated alkanes) is 1. The van der Waals surface area contributed by atoms with Crippen LogP contribution in [0.3, 0.4) is 0 Å². The van der Waals surface area contributed by atoms with Crippen LogP contribution in [0.25, 0.3) is 5.78 Å². The lowest BCUT2D eigenvalue weighted by Crippen LogP contribution is -2.22. The van der Waals surface area contributed by atoms with Crippen molar-refractivity contribution < 1.29 is 9.18 Å². The molecule has 1 N–H and O–H groups in total. The molecule has 148 valence electrons. The molecule has 3 rings (SSSR count). The fourth-order valence-corrected chi connectivity index (χ4v) is 3.72. The zero-order chi connectivity index (χ0) is 20.3. The number of aromatic nitrogens is 4. The Bertz CT molecular complexity index is 1000. The monoisotopic (exact) mass is 401 g/mol. The smallest absolute Gasteiger partial charge is 0.253 e. The van der Waals surface area contributed by atoms with Crippen LogP contribution in [0.15, 0.2) is 29.4 Å². The maximum absolute atomic E-state index is 13.3. The molecule has 0 saturated carbocycles. The van der Waals surface area contributed by atoms with Crippen molar-refractivity contribution in [3.8, 4) is 0 Å². The summed E-state index contributed by atoms with van der Waals surface area (Å²) in [4.78, 5) is 21.4. The fraction of sp³-hybridized carbons (Fsp3) is 0.400. The zero-order valence-electron chi connectivity index (χ0n) is 16.5. The molecule has 0 aliphatic rings. The molecule has 0 spiro atoms. The third kappa shape index (κ3) is 4.49. The van der Waals surface area contributed by atoms with E-state index in [0.717, 1.165) is 30.7 Å². The van der Waals surface area contributed by atoms with E-state index in [1.54, 1.807) is 23.6 Å². The van der Waals surface area contributed by atoms with Crippen molar-refractivity contribution in [3.63, 3.8) is 0 Å².